The van der Waals surface area contributed by atoms with Gasteiger partial charge < -0.3 is 15.2 Å². The Labute approximate surface area is 126 Å². The molecule has 0 fully saturated rings. The first-order chi connectivity index (χ1) is 9.64. The van der Waals surface area contributed by atoms with Gasteiger partial charge in [0.05, 0.1) is 13.2 Å². The molecule has 0 aromatic heterocycles. The molecule has 0 spiro atoms. The molecule has 0 aromatic rings. The van der Waals surface area contributed by atoms with Gasteiger partial charge in [0.15, 0.2) is 0 Å². The second-order valence-electron chi connectivity index (χ2n) is 5.84. The molecule has 1 unspecified atom stereocenters. The maximum Gasteiger partial charge on any atom is 0.0589 e. The summed E-state index contributed by atoms with van der Waals surface area (Å²) in [6.45, 7) is 8.54. The first-order valence-electron chi connectivity index (χ1n) is 8.07. The molecule has 0 aliphatic heterocycles. The Bertz CT molecular complexity index is 207. The predicted octanol–water partition coefficient (Wildman–Crippen LogP) is 2.66. The molecule has 0 radical (unpaired) electrons. The second kappa shape index (κ2) is 12.6. The SMILES string of the molecule is CCCCCCCC(C)(CN)N(CCOC)CCOC. The Hall–Kier alpha value is -0.160. The van der Waals surface area contributed by atoms with E-state index in [4.69, 9.17) is 15.2 Å². The lowest BCUT2D eigenvalue weighted by Crippen LogP contribution is -2.53. The molecule has 20 heavy (non-hydrogen) atoms. The molecule has 4 heteroatoms. The molecular formula is C16H36N2O2. The summed E-state index contributed by atoms with van der Waals surface area (Å²) in [5.41, 5.74) is 6.13. The van der Waals surface area contributed by atoms with E-state index in [0.29, 0.717) is 6.54 Å². The molecule has 4 nitrogen and oxygen atoms in total. The summed E-state index contributed by atoms with van der Waals surface area (Å²) >= 11 is 0. The van der Waals surface area contributed by atoms with Crippen molar-refractivity contribution in [3.05, 3.63) is 0 Å². The van der Waals surface area contributed by atoms with Crippen LogP contribution in [0.25, 0.3) is 0 Å². The van der Waals surface area contributed by atoms with Crippen LogP contribution in [-0.4, -0.2) is 57.5 Å². The standard InChI is InChI=1S/C16H36N2O2/c1-5-6-7-8-9-10-16(2,15-17)18(11-13-19-3)12-14-20-4/h5-15,17H2,1-4H3. The van der Waals surface area contributed by atoms with E-state index in [1.807, 2.05) is 0 Å². The van der Waals surface area contributed by atoms with E-state index in [-0.39, 0.29) is 5.54 Å². The molecule has 1 atom stereocenters. The fourth-order valence-electron chi connectivity index (χ4n) is 2.55. The lowest BCUT2D eigenvalue weighted by molar-refractivity contribution is 0.0401. The van der Waals surface area contributed by atoms with Gasteiger partial charge in [-0.15, -0.1) is 0 Å². The maximum absolute atomic E-state index is 6.07. The lowest BCUT2D eigenvalue weighted by atomic mass is 9.91. The molecule has 0 saturated carbocycles. The van der Waals surface area contributed by atoms with Gasteiger partial charge in [0.1, 0.15) is 0 Å². The van der Waals surface area contributed by atoms with E-state index in [1.165, 1.54) is 32.1 Å². The molecule has 122 valence electrons. The zero-order valence-electron chi connectivity index (χ0n) is 14.1. The van der Waals surface area contributed by atoms with Gasteiger partial charge in [-0.2, -0.15) is 0 Å². The first kappa shape index (κ1) is 19.8. The lowest BCUT2D eigenvalue weighted by Gasteiger charge is -2.41. The van der Waals surface area contributed by atoms with E-state index in [0.717, 1.165) is 32.7 Å². The number of rotatable bonds is 14. The normalized spacial score (nSPS) is 14.7. The minimum absolute atomic E-state index is 0.0588. The predicted molar refractivity (Wildman–Crippen MR) is 86.2 cm³/mol. The summed E-state index contributed by atoms with van der Waals surface area (Å²) in [7, 11) is 3.50. The summed E-state index contributed by atoms with van der Waals surface area (Å²) in [5.74, 6) is 0. The molecule has 0 saturated heterocycles. The van der Waals surface area contributed by atoms with Crippen molar-refractivity contribution >= 4 is 0 Å². The third-order valence-electron chi connectivity index (χ3n) is 4.15. The largest absolute Gasteiger partial charge is 0.383 e. The molecule has 0 aromatic carbocycles. The second-order valence-corrected chi connectivity index (χ2v) is 5.84. The number of hydrogen-bond donors (Lipinski definition) is 1. The number of ether oxygens (including phenoxy) is 2. The van der Waals surface area contributed by atoms with Crippen LogP contribution in [0.4, 0.5) is 0 Å². The van der Waals surface area contributed by atoms with Gasteiger partial charge >= 0.3 is 0 Å². The molecule has 2 N–H and O–H groups in total. The van der Waals surface area contributed by atoms with Crippen molar-refractivity contribution in [3.8, 4) is 0 Å². The maximum atomic E-state index is 6.07. The number of nitrogens with two attached hydrogens (primary N) is 1. The van der Waals surface area contributed by atoms with Gasteiger partial charge in [0.2, 0.25) is 0 Å². The average molecular weight is 288 g/mol. The fraction of sp³-hybridized carbons (Fsp3) is 1.00. The van der Waals surface area contributed by atoms with E-state index in [1.54, 1.807) is 14.2 Å². The molecule has 0 heterocycles. The summed E-state index contributed by atoms with van der Waals surface area (Å²) < 4.78 is 10.5. The number of nitrogens with zero attached hydrogens (tertiary/aromatic N) is 1. The number of hydrogen-bond acceptors (Lipinski definition) is 4. The third kappa shape index (κ3) is 8.20. The Morgan fingerprint density at radius 2 is 1.50 bits per heavy atom. The average Bonchev–Trinajstić information content (AvgIpc) is 2.47. The van der Waals surface area contributed by atoms with Crippen LogP contribution in [0.15, 0.2) is 0 Å². The highest BCUT2D eigenvalue weighted by molar-refractivity contribution is 4.87. The molecule has 0 amide bonds. The first-order valence-corrected chi connectivity index (χ1v) is 8.07. The van der Waals surface area contributed by atoms with Crippen molar-refractivity contribution in [1.29, 1.82) is 0 Å². The minimum Gasteiger partial charge on any atom is -0.383 e. The molecule has 0 aliphatic rings. The Kier molecular flexibility index (Phi) is 12.5. The van der Waals surface area contributed by atoms with Crippen LogP contribution < -0.4 is 5.73 Å². The molecule has 0 bridgehead atoms. The van der Waals surface area contributed by atoms with Crippen LogP contribution in [0.1, 0.15) is 52.4 Å². The zero-order chi connectivity index (χ0) is 15.3. The number of unbranched alkanes of at least 4 members (excludes halogenated alkanes) is 4. The van der Waals surface area contributed by atoms with Gasteiger partial charge in [-0.25, -0.2) is 0 Å². The summed E-state index contributed by atoms with van der Waals surface area (Å²) in [6, 6.07) is 0. The molecule has 0 aliphatic carbocycles. The summed E-state index contributed by atoms with van der Waals surface area (Å²) in [6.07, 6.45) is 7.70. The highest BCUT2D eigenvalue weighted by Crippen LogP contribution is 2.22. The van der Waals surface area contributed by atoms with Gasteiger partial charge in [-0.1, -0.05) is 39.0 Å². The minimum atomic E-state index is 0.0588. The van der Waals surface area contributed by atoms with Crippen molar-refractivity contribution in [1.82, 2.24) is 4.90 Å². The van der Waals surface area contributed by atoms with Crippen molar-refractivity contribution in [2.45, 2.75) is 57.9 Å². The van der Waals surface area contributed by atoms with Crippen LogP contribution in [0.2, 0.25) is 0 Å². The van der Waals surface area contributed by atoms with Crippen LogP contribution in [0, 0.1) is 0 Å². The Morgan fingerprint density at radius 3 is 1.95 bits per heavy atom. The van der Waals surface area contributed by atoms with E-state index in [9.17, 15) is 0 Å². The van der Waals surface area contributed by atoms with Crippen molar-refractivity contribution in [2.24, 2.45) is 5.73 Å². The van der Waals surface area contributed by atoms with E-state index < -0.39 is 0 Å². The third-order valence-corrected chi connectivity index (χ3v) is 4.15. The van der Waals surface area contributed by atoms with Crippen LogP contribution in [0.3, 0.4) is 0 Å². The fourth-order valence-corrected chi connectivity index (χ4v) is 2.55. The van der Waals surface area contributed by atoms with E-state index in [2.05, 4.69) is 18.7 Å². The van der Waals surface area contributed by atoms with Gasteiger partial charge in [-0.3, -0.25) is 4.90 Å². The summed E-state index contributed by atoms with van der Waals surface area (Å²) in [5, 5.41) is 0. The topological polar surface area (TPSA) is 47.7 Å². The van der Waals surface area contributed by atoms with Gasteiger partial charge in [0, 0.05) is 39.4 Å². The smallest absolute Gasteiger partial charge is 0.0589 e. The van der Waals surface area contributed by atoms with Gasteiger partial charge in [0.25, 0.3) is 0 Å². The molecular weight excluding hydrogens is 252 g/mol. The van der Waals surface area contributed by atoms with Crippen molar-refractivity contribution in [2.75, 3.05) is 47.1 Å². The Morgan fingerprint density at radius 1 is 0.950 bits per heavy atom. The Balaban J connectivity index is 4.32. The van der Waals surface area contributed by atoms with Crippen LogP contribution in [-0.2, 0) is 9.47 Å². The number of methoxy groups -OCH3 is 2. The van der Waals surface area contributed by atoms with Crippen LogP contribution in [0.5, 0.6) is 0 Å². The summed E-state index contributed by atoms with van der Waals surface area (Å²) in [4.78, 5) is 2.43. The quantitative estimate of drug-likeness (QED) is 0.499. The van der Waals surface area contributed by atoms with Crippen molar-refractivity contribution < 1.29 is 9.47 Å². The highest BCUT2D eigenvalue weighted by Gasteiger charge is 2.29. The van der Waals surface area contributed by atoms with E-state index >= 15 is 0 Å². The van der Waals surface area contributed by atoms with Crippen molar-refractivity contribution in [3.63, 3.8) is 0 Å². The van der Waals surface area contributed by atoms with Gasteiger partial charge in [-0.05, 0) is 13.3 Å². The molecule has 0 rings (SSSR count). The monoisotopic (exact) mass is 288 g/mol. The highest BCUT2D eigenvalue weighted by atomic mass is 16.5. The zero-order valence-corrected chi connectivity index (χ0v) is 14.1. The van der Waals surface area contributed by atoms with Crippen LogP contribution >= 0.6 is 0 Å².